The molecule has 1 aliphatic rings. The number of alkyl halides is 1. The molecule has 1 saturated heterocycles. The molecule has 0 aromatic rings. The van der Waals surface area contributed by atoms with Gasteiger partial charge in [0.1, 0.15) is 6.17 Å². The molecule has 0 bridgehead atoms. The van der Waals surface area contributed by atoms with Crippen molar-refractivity contribution < 1.29 is 9.13 Å². The maximum atomic E-state index is 13.3. The molecule has 1 aliphatic heterocycles. The molecule has 0 aliphatic carbocycles. The standard InChI is InChI=1S/C11H21FO/c1-7(2)10-5-9(12)6-11(13-10)8(3)4/h7-11H,5-6H2,1-4H3/t9?,10-,11+. The molecular formula is C11H21FO. The van der Waals surface area contributed by atoms with Crippen molar-refractivity contribution in [3.63, 3.8) is 0 Å². The summed E-state index contributed by atoms with van der Waals surface area (Å²) in [5.74, 6) is 0.861. The molecule has 3 atom stereocenters. The van der Waals surface area contributed by atoms with E-state index < -0.39 is 6.17 Å². The Morgan fingerprint density at radius 2 is 1.38 bits per heavy atom. The fourth-order valence-corrected chi connectivity index (χ4v) is 1.79. The zero-order valence-electron chi connectivity index (χ0n) is 9.09. The first-order chi connectivity index (χ1) is 6.00. The summed E-state index contributed by atoms with van der Waals surface area (Å²) in [4.78, 5) is 0. The second-order valence-electron chi connectivity index (χ2n) is 4.77. The molecule has 1 unspecified atom stereocenters. The SMILES string of the molecule is CC(C)[C@@H]1CC(F)C[C@H](C(C)C)O1. The van der Waals surface area contributed by atoms with Crippen molar-refractivity contribution in [2.45, 2.75) is 58.9 Å². The summed E-state index contributed by atoms with van der Waals surface area (Å²) in [6.45, 7) is 8.39. The molecule has 0 aromatic carbocycles. The van der Waals surface area contributed by atoms with Gasteiger partial charge in [0.15, 0.2) is 0 Å². The molecular weight excluding hydrogens is 167 g/mol. The van der Waals surface area contributed by atoms with Gasteiger partial charge in [-0.1, -0.05) is 27.7 Å². The van der Waals surface area contributed by atoms with Crippen molar-refractivity contribution in [3.05, 3.63) is 0 Å². The Labute approximate surface area is 80.7 Å². The van der Waals surface area contributed by atoms with Crippen LogP contribution in [-0.2, 0) is 4.74 Å². The van der Waals surface area contributed by atoms with Crippen molar-refractivity contribution in [1.82, 2.24) is 0 Å². The van der Waals surface area contributed by atoms with Gasteiger partial charge in [-0.2, -0.15) is 0 Å². The van der Waals surface area contributed by atoms with E-state index in [1.165, 1.54) is 0 Å². The third kappa shape index (κ3) is 2.94. The lowest BCUT2D eigenvalue weighted by molar-refractivity contribution is -0.112. The highest BCUT2D eigenvalue weighted by Crippen LogP contribution is 2.29. The molecule has 78 valence electrons. The summed E-state index contributed by atoms with van der Waals surface area (Å²) in [5.41, 5.74) is 0. The fourth-order valence-electron chi connectivity index (χ4n) is 1.79. The lowest BCUT2D eigenvalue weighted by Gasteiger charge is -2.36. The Bertz CT molecular complexity index is 140. The van der Waals surface area contributed by atoms with Crippen molar-refractivity contribution >= 4 is 0 Å². The van der Waals surface area contributed by atoms with Crippen LogP contribution in [0, 0.1) is 11.8 Å². The highest BCUT2D eigenvalue weighted by Gasteiger charge is 2.32. The van der Waals surface area contributed by atoms with E-state index in [0.717, 1.165) is 0 Å². The van der Waals surface area contributed by atoms with Gasteiger partial charge in [0.2, 0.25) is 0 Å². The molecule has 1 heterocycles. The Balaban J connectivity index is 2.52. The highest BCUT2D eigenvalue weighted by molar-refractivity contribution is 4.80. The predicted octanol–water partition coefficient (Wildman–Crippen LogP) is 3.18. The number of halogens is 1. The minimum absolute atomic E-state index is 0.121. The smallest absolute Gasteiger partial charge is 0.105 e. The summed E-state index contributed by atoms with van der Waals surface area (Å²) in [6, 6.07) is 0. The van der Waals surface area contributed by atoms with Crippen molar-refractivity contribution in [2.75, 3.05) is 0 Å². The average Bonchev–Trinajstić information content (AvgIpc) is 2.03. The van der Waals surface area contributed by atoms with E-state index in [9.17, 15) is 4.39 Å². The number of hydrogen-bond donors (Lipinski definition) is 0. The first kappa shape index (κ1) is 11.0. The van der Waals surface area contributed by atoms with Gasteiger partial charge in [-0.3, -0.25) is 0 Å². The van der Waals surface area contributed by atoms with Crippen LogP contribution in [-0.4, -0.2) is 18.4 Å². The quantitative estimate of drug-likeness (QED) is 0.646. The monoisotopic (exact) mass is 188 g/mol. The number of hydrogen-bond acceptors (Lipinski definition) is 1. The molecule has 1 nitrogen and oxygen atoms in total. The lowest BCUT2D eigenvalue weighted by atomic mass is 9.91. The summed E-state index contributed by atoms with van der Waals surface area (Å²) in [5, 5.41) is 0. The third-order valence-electron chi connectivity index (χ3n) is 2.81. The molecule has 0 aromatic heterocycles. The Morgan fingerprint density at radius 1 is 1.00 bits per heavy atom. The second-order valence-corrected chi connectivity index (χ2v) is 4.77. The minimum Gasteiger partial charge on any atom is -0.374 e. The van der Waals surface area contributed by atoms with Crippen LogP contribution in [0.15, 0.2) is 0 Å². The number of ether oxygens (including phenoxy) is 1. The van der Waals surface area contributed by atoms with Crippen LogP contribution in [0.5, 0.6) is 0 Å². The van der Waals surface area contributed by atoms with Gasteiger partial charge in [0, 0.05) is 12.8 Å². The molecule has 0 saturated carbocycles. The lowest BCUT2D eigenvalue weighted by Crippen LogP contribution is -2.39. The third-order valence-corrected chi connectivity index (χ3v) is 2.81. The Kier molecular flexibility index (Phi) is 3.72. The topological polar surface area (TPSA) is 9.23 Å². The van der Waals surface area contributed by atoms with Crippen LogP contribution in [0.2, 0.25) is 0 Å². The van der Waals surface area contributed by atoms with Gasteiger partial charge in [-0.25, -0.2) is 4.39 Å². The molecule has 0 N–H and O–H groups in total. The summed E-state index contributed by atoms with van der Waals surface area (Å²) in [6.07, 6.45) is 0.753. The molecule has 1 rings (SSSR count). The van der Waals surface area contributed by atoms with Gasteiger partial charge < -0.3 is 4.74 Å². The maximum absolute atomic E-state index is 13.3. The summed E-state index contributed by atoms with van der Waals surface area (Å²) < 4.78 is 19.2. The molecule has 0 spiro atoms. The predicted molar refractivity (Wildman–Crippen MR) is 52.5 cm³/mol. The summed E-state index contributed by atoms with van der Waals surface area (Å²) >= 11 is 0. The van der Waals surface area contributed by atoms with E-state index in [1.807, 2.05) is 0 Å². The largest absolute Gasteiger partial charge is 0.374 e. The van der Waals surface area contributed by atoms with Crippen LogP contribution in [0.4, 0.5) is 4.39 Å². The van der Waals surface area contributed by atoms with Crippen LogP contribution in [0.3, 0.4) is 0 Å². The normalized spacial score (nSPS) is 35.8. The summed E-state index contributed by atoms with van der Waals surface area (Å²) in [7, 11) is 0. The fraction of sp³-hybridized carbons (Fsp3) is 1.00. The zero-order valence-corrected chi connectivity index (χ0v) is 9.09. The molecule has 0 radical (unpaired) electrons. The van der Waals surface area contributed by atoms with E-state index in [2.05, 4.69) is 27.7 Å². The zero-order chi connectivity index (χ0) is 10.0. The van der Waals surface area contributed by atoms with E-state index in [4.69, 9.17) is 4.74 Å². The van der Waals surface area contributed by atoms with Crippen LogP contribution < -0.4 is 0 Å². The Morgan fingerprint density at radius 3 is 1.69 bits per heavy atom. The average molecular weight is 188 g/mol. The van der Waals surface area contributed by atoms with Gasteiger partial charge in [0.25, 0.3) is 0 Å². The van der Waals surface area contributed by atoms with Gasteiger partial charge in [-0.05, 0) is 11.8 Å². The van der Waals surface area contributed by atoms with Gasteiger partial charge in [-0.15, -0.1) is 0 Å². The van der Waals surface area contributed by atoms with Gasteiger partial charge >= 0.3 is 0 Å². The van der Waals surface area contributed by atoms with Crippen molar-refractivity contribution in [3.8, 4) is 0 Å². The molecule has 2 heteroatoms. The molecule has 0 amide bonds. The first-order valence-electron chi connectivity index (χ1n) is 5.30. The van der Waals surface area contributed by atoms with E-state index in [1.54, 1.807) is 0 Å². The van der Waals surface area contributed by atoms with E-state index >= 15 is 0 Å². The Hall–Kier alpha value is -0.110. The van der Waals surface area contributed by atoms with Crippen LogP contribution in [0.1, 0.15) is 40.5 Å². The maximum Gasteiger partial charge on any atom is 0.105 e. The first-order valence-corrected chi connectivity index (χ1v) is 5.30. The second kappa shape index (κ2) is 4.41. The highest BCUT2D eigenvalue weighted by atomic mass is 19.1. The number of rotatable bonds is 2. The van der Waals surface area contributed by atoms with Crippen molar-refractivity contribution in [2.24, 2.45) is 11.8 Å². The van der Waals surface area contributed by atoms with Gasteiger partial charge in [0.05, 0.1) is 12.2 Å². The van der Waals surface area contributed by atoms with Crippen molar-refractivity contribution in [1.29, 1.82) is 0 Å². The minimum atomic E-state index is -0.659. The molecule has 13 heavy (non-hydrogen) atoms. The molecule has 1 fully saturated rings. The van der Waals surface area contributed by atoms with E-state index in [-0.39, 0.29) is 12.2 Å². The van der Waals surface area contributed by atoms with Crippen LogP contribution in [0.25, 0.3) is 0 Å². The van der Waals surface area contributed by atoms with E-state index in [0.29, 0.717) is 24.7 Å². The van der Waals surface area contributed by atoms with Crippen LogP contribution >= 0.6 is 0 Å².